The maximum Gasteiger partial charge on any atom is 0.418 e. The zero-order chi connectivity index (χ0) is 23.3. The van der Waals surface area contributed by atoms with E-state index >= 15 is 0 Å². The molecule has 0 fully saturated rings. The van der Waals surface area contributed by atoms with E-state index in [0.717, 1.165) is 6.07 Å². The maximum absolute atomic E-state index is 13.4. The topological polar surface area (TPSA) is 80.5 Å². The molecule has 7 nitrogen and oxygen atoms in total. The van der Waals surface area contributed by atoms with E-state index in [-0.39, 0.29) is 24.4 Å². The van der Waals surface area contributed by atoms with Crippen molar-refractivity contribution in [2.45, 2.75) is 25.9 Å². The van der Waals surface area contributed by atoms with Gasteiger partial charge in [0.2, 0.25) is 17.6 Å². The van der Waals surface area contributed by atoms with Gasteiger partial charge in [0.05, 0.1) is 17.9 Å². The molecule has 3 aromatic rings. The van der Waals surface area contributed by atoms with E-state index in [1.807, 2.05) is 6.92 Å². The molecule has 0 atom stereocenters. The number of halogens is 3. The molecule has 1 heterocycles. The summed E-state index contributed by atoms with van der Waals surface area (Å²) in [5.74, 6) is 0.688. The fourth-order valence-electron chi connectivity index (χ4n) is 2.93. The molecule has 0 unspecified atom stereocenters. The first-order valence-corrected chi connectivity index (χ1v) is 9.91. The van der Waals surface area contributed by atoms with Crippen molar-refractivity contribution in [3.8, 4) is 17.1 Å². The lowest BCUT2D eigenvalue weighted by molar-refractivity contribution is -0.136. The molecule has 0 aliphatic rings. The minimum absolute atomic E-state index is 0.0903. The molecule has 1 aromatic heterocycles. The van der Waals surface area contributed by atoms with Crippen molar-refractivity contribution in [3.05, 3.63) is 53.9 Å². The van der Waals surface area contributed by atoms with Crippen LogP contribution in [0.15, 0.2) is 47.0 Å². The minimum Gasteiger partial charge on any atom is -0.494 e. The highest BCUT2D eigenvalue weighted by atomic mass is 19.4. The van der Waals surface area contributed by atoms with Crippen molar-refractivity contribution >= 4 is 17.3 Å². The van der Waals surface area contributed by atoms with E-state index in [0.29, 0.717) is 29.4 Å². The number of carbonyl (C=O) groups is 1. The second-order valence-corrected chi connectivity index (χ2v) is 7.14. The summed E-state index contributed by atoms with van der Waals surface area (Å²) in [4.78, 5) is 18.1. The summed E-state index contributed by atoms with van der Waals surface area (Å²) in [6.07, 6.45) is -4.63. The van der Waals surface area contributed by atoms with Crippen LogP contribution in [0.25, 0.3) is 11.4 Å². The zero-order valence-corrected chi connectivity index (χ0v) is 17.9. The van der Waals surface area contributed by atoms with Crippen molar-refractivity contribution in [1.29, 1.82) is 0 Å². The van der Waals surface area contributed by atoms with Crippen LogP contribution in [0, 0.1) is 0 Å². The predicted molar refractivity (Wildman–Crippen MR) is 114 cm³/mol. The van der Waals surface area contributed by atoms with Gasteiger partial charge in [-0.1, -0.05) is 5.16 Å². The monoisotopic (exact) mass is 448 g/mol. The van der Waals surface area contributed by atoms with Gasteiger partial charge in [0.15, 0.2) is 0 Å². The highest BCUT2D eigenvalue weighted by Gasteiger charge is 2.34. The third-order valence-electron chi connectivity index (χ3n) is 4.56. The van der Waals surface area contributed by atoms with Crippen LogP contribution in [-0.4, -0.2) is 36.8 Å². The molecule has 0 bridgehead atoms. The maximum atomic E-state index is 13.4. The van der Waals surface area contributed by atoms with Crippen molar-refractivity contribution < 1.29 is 27.2 Å². The SMILES string of the molecule is CCOc1ccc(-c2noc(CCC(=O)Nc3ccc(N(C)C)cc3C(F)(F)F)n2)cc1. The van der Waals surface area contributed by atoms with E-state index in [9.17, 15) is 18.0 Å². The van der Waals surface area contributed by atoms with E-state index in [1.54, 1.807) is 43.3 Å². The lowest BCUT2D eigenvalue weighted by atomic mass is 10.1. The summed E-state index contributed by atoms with van der Waals surface area (Å²) >= 11 is 0. The molecule has 0 aliphatic carbocycles. The van der Waals surface area contributed by atoms with Gasteiger partial charge in [-0.05, 0) is 49.4 Å². The van der Waals surface area contributed by atoms with Crippen LogP contribution in [0.2, 0.25) is 0 Å². The predicted octanol–water partition coefficient (Wildman–Crippen LogP) is 4.79. The van der Waals surface area contributed by atoms with Crippen LogP contribution in [0.5, 0.6) is 5.75 Å². The average Bonchev–Trinajstić information content (AvgIpc) is 3.21. The van der Waals surface area contributed by atoms with Crippen LogP contribution in [-0.2, 0) is 17.4 Å². The molecule has 0 saturated carbocycles. The number of aryl methyl sites for hydroxylation is 1. The van der Waals surface area contributed by atoms with Gasteiger partial charge in [-0.2, -0.15) is 18.2 Å². The van der Waals surface area contributed by atoms with Gasteiger partial charge in [0, 0.05) is 38.2 Å². The zero-order valence-electron chi connectivity index (χ0n) is 17.9. The minimum atomic E-state index is -4.60. The molecular weight excluding hydrogens is 425 g/mol. The van der Waals surface area contributed by atoms with Crippen LogP contribution >= 0.6 is 0 Å². The second kappa shape index (κ2) is 9.71. The Kier molecular flexibility index (Phi) is 7.01. The molecule has 1 N–H and O–H groups in total. The van der Waals surface area contributed by atoms with Crippen LogP contribution in [0.4, 0.5) is 24.5 Å². The third kappa shape index (κ3) is 5.77. The lowest BCUT2D eigenvalue weighted by Crippen LogP contribution is -2.18. The molecule has 3 rings (SSSR count). The van der Waals surface area contributed by atoms with E-state index in [2.05, 4.69) is 15.5 Å². The van der Waals surface area contributed by atoms with Crippen molar-refractivity contribution in [3.63, 3.8) is 0 Å². The Balaban J connectivity index is 1.63. The Morgan fingerprint density at radius 3 is 2.50 bits per heavy atom. The number of carbonyl (C=O) groups excluding carboxylic acids is 1. The molecule has 10 heteroatoms. The summed E-state index contributed by atoms with van der Waals surface area (Å²) in [7, 11) is 3.28. The quantitative estimate of drug-likeness (QED) is 0.534. The van der Waals surface area contributed by atoms with Gasteiger partial charge < -0.3 is 19.5 Å². The fraction of sp³-hybridized carbons (Fsp3) is 0.318. The van der Waals surface area contributed by atoms with Crippen molar-refractivity contribution in [2.75, 3.05) is 30.9 Å². The fourth-order valence-corrected chi connectivity index (χ4v) is 2.93. The molecule has 32 heavy (non-hydrogen) atoms. The highest BCUT2D eigenvalue weighted by molar-refractivity contribution is 5.92. The largest absolute Gasteiger partial charge is 0.494 e. The Morgan fingerprint density at radius 1 is 1.16 bits per heavy atom. The Labute approximate surface area is 183 Å². The normalized spacial score (nSPS) is 11.3. The van der Waals surface area contributed by atoms with Crippen LogP contribution in [0.1, 0.15) is 24.8 Å². The molecule has 0 spiro atoms. The van der Waals surface area contributed by atoms with Crippen LogP contribution < -0.4 is 15.0 Å². The van der Waals surface area contributed by atoms with E-state index in [4.69, 9.17) is 9.26 Å². The first-order valence-electron chi connectivity index (χ1n) is 9.91. The second-order valence-electron chi connectivity index (χ2n) is 7.14. The summed E-state index contributed by atoms with van der Waals surface area (Å²) in [5, 5.41) is 6.21. The lowest BCUT2D eigenvalue weighted by Gasteiger charge is -2.18. The average molecular weight is 448 g/mol. The molecule has 0 aliphatic heterocycles. The number of nitrogens with zero attached hydrogens (tertiary/aromatic N) is 3. The molecular formula is C22H23F3N4O3. The van der Waals surface area contributed by atoms with Gasteiger partial charge in [-0.15, -0.1) is 0 Å². The highest BCUT2D eigenvalue weighted by Crippen LogP contribution is 2.37. The Hall–Kier alpha value is -3.56. The van der Waals surface area contributed by atoms with Crippen molar-refractivity contribution in [2.24, 2.45) is 0 Å². The smallest absolute Gasteiger partial charge is 0.418 e. The van der Waals surface area contributed by atoms with E-state index < -0.39 is 17.6 Å². The number of anilines is 2. The van der Waals surface area contributed by atoms with Crippen molar-refractivity contribution in [1.82, 2.24) is 10.1 Å². The first kappa shape index (κ1) is 23.1. The number of amides is 1. The number of hydrogen-bond donors (Lipinski definition) is 1. The van der Waals surface area contributed by atoms with E-state index in [1.165, 1.54) is 12.1 Å². The third-order valence-corrected chi connectivity index (χ3v) is 4.56. The van der Waals surface area contributed by atoms with Crippen LogP contribution in [0.3, 0.4) is 0 Å². The standard InChI is InChI=1S/C22H23F3N4O3/c1-4-31-16-8-5-14(6-9-16)21-27-20(32-28-21)12-11-19(30)26-18-10-7-15(29(2)3)13-17(18)22(23,24)25/h5-10,13H,4,11-12H2,1-3H3,(H,26,30). The molecule has 0 saturated heterocycles. The molecule has 170 valence electrons. The van der Waals surface area contributed by atoms with Gasteiger partial charge in [0.25, 0.3) is 0 Å². The molecule has 2 aromatic carbocycles. The number of benzene rings is 2. The number of nitrogens with one attached hydrogen (secondary N) is 1. The summed E-state index contributed by atoms with van der Waals surface area (Å²) in [6, 6.07) is 10.9. The number of rotatable bonds is 8. The number of hydrogen-bond acceptors (Lipinski definition) is 6. The van der Waals surface area contributed by atoms with Gasteiger partial charge in [0.1, 0.15) is 5.75 Å². The van der Waals surface area contributed by atoms with Gasteiger partial charge >= 0.3 is 6.18 Å². The Bertz CT molecular complexity index is 1060. The number of ether oxygens (including phenoxy) is 1. The Morgan fingerprint density at radius 2 is 1.88 bits per heavy atom. The summed E-state index contributed by atoms with van der Waals surface area (Å²) in [6.45, 7) is 2.44. The molecule has 0 radical (unpaired) electrons. The van der Waals surface area contributed by atoms with Gasteiger partial charge in [-0.3, -0.25) is 4.79 Å². The number of alkyl halides is 3. The summed E-state index contributed by atoms with van der Waals surface area (Å²) in [5.41, 5.74) is -0.118. The first-order chi connectivity index (χ1) is 15.2. The number of aromatic nitrogens is 2. The summed E-state index contributed by atoms with van der Waals surface area (Å²) < 4.78 is 50.8. The van der Waals surface area contributed by atoms with Gasteiger partial charge in [-0.25, -0.2) is 0 Å². The molecule has 1 amide bonds.